The molecule has 264 valence electrons. The number of aromatic nitrogens is 1. The van der Waals surface area contributed by atoms with Crippen LogP contribution in [0.1, 0.15) is 0 Å². The lowest BCUT2D eigenvalue weighted by atomic mass is 9.45. The second kappa shape index (κ2) is 10.7. The minimum absolute atomic E-state index is 0.0890. The summed E-state index contributed by atoms with van der Waals surface area (Å²) in [6.45, 7) is -0.0890. The Morgan fingerprint density at radius 2 is 1.14 bits per heavy atom. The minimum Gasteiger partial charge on any atom is -0.456 e. The first-order valence-electron chi connectivity index (χ1n) is 19.7. The average molecular weight is 743 g/mol. The van der Waals surface area contributed by atoms with E-state index in [-0.39, 0.29) is 6.85 Å². The second-order valence-electron chi connectivity index (χ2n) is 15.5. The number of anilines is 3. The third-order valence-corrected chi connectivity index (χ3v) is 16.9. The van der Waals surface area contributed by atoms with Crippen molar-refractivity contribution in [3.8, 4) is 11.1 Å². The number of nitrogens with zero attached hydrogens (tertiary/aromatic N) is 2. The maximum atomic E-state index is 6.89. The van der Waals surface area contributed by atoms with Crippen molar-refractivity contribution in [1.82, 2.24) is 4.48 Å². The fraction of sp³-hybridized carbons (Fsp3) is 0. The molecule has 11 aromatic rings. The maximum Gasteiger partial charge on any atom is 0.333 e. The van der Waals surface area contributed by atoms with Gasteiger partial charge in [0.25, 0.3) is 0 Å². The van der Waals surface area contributed by atoms with E-state index in [0.29, 0.717) is 0 Å². The lowest BCUT2D eigenvalue weighted by Crippen LogP contribution is -2.57. The van der Waals surface area contributed by atoms with Crippen LogP contribution >= 0.6 is 10.0 Å². The van der Waals surface area contributed by atoms with E-state index >= 15 is 0 Å². The Morgan fingerprint density at radius 3 is 1.98 bits per heavy atom. The van der Waals surface area contributed by atoms with Crippen molar-refractivity contribution in [2.45, 2.75) is 19.6 Å². The summed E-state index contributed by atoms with van der Waals surface area (Å²) < 4.78 is 9.61. The zero-order valence-corrected chi connectivity index (χ0v) is 31.5. The SMILES string of the molecule is c1ccc(S2(c3ccccc3)c3ccccc3N3c4cc5oc6ccccc6c5c5c4B(c4cccc2c43)n2c3c-5cccc3c3ccc4ccccc4c32)cc1. The Balaban J connectivity index is 1.24. The summed E-state index contributed by atoms with van der Waals surface area (Å²) in [6, 6.07) is 70.4. The molecule has 0 amide bonds. The predicted octanol–water partition coefficient (Wildman–Crippen LogP) is 12.9. The van der Waals surface area contributed by atoms with Crippen LogP contribution in [0.2, 0.25) is 0 Å². The lowest BCUT2D eigenvalue weighted by molar-refractivity contribution is 0.669. The number of para-hydroxylation sites is 4. The number of hydrogen-bond acceptors (Lipinski definition) is 2. The van der Waals surface area contributed by atoms with Crippen LogP contribution in [-0.2, 0) is 0 Å². The standard InChI is InChI=1S/C52H31BN2OS/c1-3-16-33(17-4-1)57(34-18-5-2-6-19-34)45-27-12-10-25-41(45)54-42-31-44-47(38-21-9-11-26-43(38)56-44)48-39-23-13-22-36-37-30-29-32-15-7-8-20-35(32)50(37)55(51(36)39)53(49(42)48)40-24-14-28-46(57)52(40)54/h1-31H. The molecule has 57 heavy (non-hydrogen) atoms. The second-order valence-corrected chi connectivity index (χ2v) is 18.6. The highest BCUT2D eigenvalue weighted by atomic mass is 32.3. The fourth-order valence-corrected chi connectivity index (χ4v) is 15.1. The molecule has 0 atom stereocenters. The minimum atomic E-state index is -1.95. The van der Waals surface area contributed by atoms with Gasteiger partial charge in [0, 0.05) is 74.9 Å². The molecule has 3 nitrogen and oxygen atoms in total. The third kappa shape index (κ3) is 3.54. The molecule has 0 unspecified atom stereocenters. The molecule has 0 spiro atoms. The Bertz CT molecular complexity index is 3510. The summed E-state index contributed by atoms with van der Waals surface area (Å²) in [7, 11) is -1.95. The lowest BCUT2D eigenvalue weighted by Gasteiger charge is -2.53. The van der Waals surface area contributed by atoms with Gasteiger partial charge in [-0.3, -0.25) is 0 Å². The third-order valence-electron chi connectivity index (χ3n) is 12.9. The van der Waals surface area contributed by atoms with Gasteiger partial charge in [-0.1, -0.05) is 133 Å². The fourth-order valence-electron chi connectivity index (χ4n) is 10.9. The number of hydrogen-bond donors (Lipinski definition) is 0. The molecule has 5 heteroatoms. The first kappa shape index (κ1) is 30.3. The average Bonchev–Trinajstić information content (AvgIpc) is 3.83. The van der Waals surface area contributed by atoms with E-state index in [0.717, 1.165) is 16.6 Å². The van der Waals surface area contributed by atoms with E-state index in [1.54, 1.807) is 0 Å². The van der Waals surface area contributed by atoms with Crippen molar-refractivity contribution in [2.24, 2.45) is 0 Å². The van der Waals surface area contributed by atoms with E-state index in [1.165, 1.54) is 96.7 Å². The molecule has 5 heterocycles. The largest absolute Gasteiger partial charge is 0.456 e. The van der Waals surface area contributed by atoms with Crippen molar-refractivity contribution < 1.29 is 4.42 Å². The van der Waals surface area contributed by atoms with E-state index < -0.39 is 10.0 Å². The first-order valence-corrected chi connectivity index (χ1v) is 21.3. The van der Waals surface area contributed by atoms with Crippen LogP contribution < -0.4 is 15.8 Å². The molecule has 0 aliphatic carbocycles. The van der Waals surface area contributed by atoms with Crippen LogP contribution in [0.3, 0.4) is 0 Å². The van der Waals surface area contributed by atoms with E-state index in [1.807, 2.05) is 0 Å². The monoisotopic (exact) mass is 742 g/mol. The molecule has 0 saturated heterocycles. The van der Waals surface area contributed by atoms with Crippen molar-refractivity contribution in [3.05, 3.63) is 188 Å². The van der Waals surface area contributed by atoms with Crippen LogP contribution in [0.25, 0.3) is 65.6 Å². The van der Waals surface area contributed by atoms with Gasteiger partial charge in [-0.25, -0.2) is 0 Å². The zero-order chi connectivity index (χ0) is 37.0. The van der Waals surface area contributed by atoms with Gasteiger partial charge in [0.15, 0.2) is 0 Å². The van der Waals surface area contributed by atoms with Gasteiger partial charge in [-0.05, 0) is 70.4 Å². The number of furan rings is 1. The van der Waals surface area contributed by atoms with Gasteiger partial charge < -0.3 is 13.8 Å². The van der Waals surface area contributed by atoms with Gasteiger partial charge >= 0.3 is 6.85 Å². The van der Waals surface area contributed by atoms with Crippen LogP contribution in [0.15, 0.2) is 212 Å². The van der Waals surface area contributed by atoms with Crippen molar-refractivity contribution >= 4 is 99.4 Å². The van der Waals surface area contributed by atoms with Crippen LogP contribution in [0.5, 0.6) is 0 Å². The van der Waals surface area contributed by atoms with Crippen molar-refractivity contribution in [3.63, 3.8) is 0 Å². The molecule has 0 N–H and O–H groups in total. The summed E-state index contributed by atoms with van der Waals surface area (Å²) in [5, 5.41) is 7.47. The molecule has 3 aliphatic rings. The molecule has 0 bridgehead atoms. The van der Waals surface area contributed by atoms with Gasteiger partial charge in [0.05, 0.1) is 11.4 Å². The van der Waals surface area contributed by atoms with Crippen molar-refractivity contribution in [1.29, 1.82) is 0 Å². The Kier molecular flexibility index (Phi) is 5.67. The topological polar surface area (TPSA) is 21.3 Å². The van der Waals surface area contributed by atoms with Crippen LogP contribution in [0, 0.1) is 0 Å². The highest BCUT2D eigenvalue weighted by molar-refractivity contribution is 8.34. The molecule has 0 radical (unpaired) electrons. The molecular weight excluding hydrogens is 711 g/mol. The molecule has 3 aliphatic heterocycles. The van der Waals surface area contributed by atoms with Gasteiger partial charge in [0.2, 0.25) is 0 Å². The summed E-state index contributed by atoms with van der Waals surface area (Å²) in [5.74, 6) is 0. The highest BCUT2D eigenvalue weighted by Crippen LogP contribution is 2.79. The molecule has 2 aromatic heterocycles. The van der Waals surface area contributed by atoms with E-state index in [9.17, 15) is 0 Å². The predicted molar refractivity (Wildman–Crippen MR) is 238 cm³/mol. The van der Waals surface area contributed by atoms with Crippen LogP contribution in [0.4, 0.5) is 17.1 Å². The summed E-state index contributed by atoms with van der Waals surface area (Å²) in [4.78, 5) is 7.99. The highest BCUT2D eigenvalue weighted by Gasteiger charge is 2.50. The quantitative estimate of drug-likeness (QED) is 0.165. The summed E-state index contributed by atoms with van der Waals surface area (Å²) in [6.07, 6.45) is 0. The van der Waals surface area contributed by atoms with Gasteiger partial charge in [-0.2, -0.15) is 0 Å². The maximum absolute atomic E-state index is 6.89. The van der Waals surface area contributed by atoms with Gasteiger partial charge in [-0.15, -0.1) is 10.0 Å². The molecule has 9 aromatic carbocycles. The van der Waals surface area contributed by atoms with E-state index in [2.05, 4.69) is 197 Å². The first-order chi connectivity index (χ1) is 28.3. The number of benzene rings is 9. The number of fused-ring (bicyclic) bond motifs is 15. The normalized spacial score (nSPS) is 14.9. The Morgan fingerprint density at radius 1 is 0.474 bits per heavy atom. The molecular formula is C52H31BN2OS. The van der Waals surface area contributed by atoms with Crippen molar-refractivity contribution in [2.75, 3.05) is 4.90 Å². The molecule has 0 fully saturated rings. The summed E-state index contributed by atoms with van der Waals surface area (Å²) >= 11 is 0. The zero-order valence-electron chi connectivity index (χ0n) is 30.7. The Hall–Kier alpha value is -6.95. The van der Waals surface area contributed by atoms with Gasteiger partial charge in [0.1, 0.15) is 11.2 Å². The van der Waals surface area contributed by atoms with E-state index in [4.69, 9.17) is 4.42 Å². The summed E-state index contributed by atoms with van der Waals surface area (Å²) in [5.41, 5.74) is 13.3. The Labute approximate surface area is 330 Å². The molecule has 14 rings (SSSR count). The number of rotatable bonds is 2. The smallest absolute Gasteiger partial charge is 0.333 e. The molecule has 0 saturated carbocycles. The van der Waals surface area contributed by atoms with Crippen LogP contribution in [-0.4, -0.2) is 11.3 Å².